The van der Waals surface area contributed by atoms with E-state index in [2.05, 4.69) is 5.32 Å². The number of hydrogen-bond donors (Lipinski definition) is 3. The standard InChI is InChI=1S/C6H12N2O2/c1-3(9)4-2-8-6(10)5(4)7/h3-5,9H,2,7H2,1H3,(H,8,10)/t3-,4-,5-/m1/s1. The van der Waals surface area contributed by atoms with Gasteiger partial charge in [0.25, 0.3) is 0 Å². The molecule has 3 atom stereocenters. The molecule has 1 amide bonds. The quantitative estimate of drug-likeness (QED) is 0.416. The summed E-state index contributed by atoms with van der Waals surface area (Å²) in [6, 6.07) is -0.528. The average Bonchev–Trinajstić information content (AvgIpc) is 2.14. The monoisotopic (exact) mass is 144 g/mol. The molecule has 1 aliphatic rings. The summed E-state index contributed by atoms with van der Waals surface area (Å²) in [4.78, 5) is 10.7. The lowest BCUT2D eigenvalue weighted by atomic mass is 9.99. The summed E-state index contributed by atoms with van der Waals surface area (Å²) in [7, 11) is 0. The maximum atomic E-state index is 10.7. The smallest absolute Gasteiger partial charge is 0.237 e. The molecule has 4 N–H and O–H groups in total. The summed E-state index contributed by atoms with van der Waals surface area (Å²) in [5, 5.41) is 11.6. The molecule has 0 aromatic heterocycles. The van der Waals surface area contributed by atoms with Crippen LogP contribution in [0.4, 0.5) is 0 Å². The predicted octanol–water partition coefficient (Wildman–Crippen LogP) is -1.56. The van der Waals surface area contributed by atoms with E-state index in [1.54, 1.807) is 6.92 Å². The number of carbonyl (C=O) groups excluding carboxylic acids is 1. The highest BCUT2D eigenvalue weighted by Gasteiger charge is 2.34. The van der Waals surface area contributed by atoms with Gasteiger partial charge in [0.1, 0.15) is 0 Å². The van der Waals surface area contributed by atoms with Crippen LogP contribution in [0.25, 0.3) is 0 Å². The van der Waals surface area contributed by atoms with Crippen LogP contribution in [0.1, 0.15) is 6.92 Å². The largest absolute Gasteiger partial charge is 0.393 e. The molecule has 0 saturated carbocycles. The molecule has 4 nitrogen and oxygen atoms in total. The van der Waals surface area contributed by atoms with Crippen molar-refractivity contribution in [3.63, 3.8) is 0 Å². The summed E-state index contributed by atoms with van der Waals surface area (Å²) in [6.07, 6.45) is -0.506. The van der Waals surface area contributed by atoms with Crippen molar-refractivity contribution in [1.82, 2.24) is 5.32 Å². The van der Waals surface area contributed by atoms with Gasteiger partial charge in [-0.1, -0.05) is 0 Å². The van der Waals surface area contributed by atoms with Crippen molar-refractivity contribution in [2.75, 3.05) is 6.54 Å². The molecule has 58 valence electrons. The molecule has 1 fully saturated rings. The van der Waals surface area contributed by atoms with Crippen LogP contribution in [0, 0.1) is 5.92 Å². The average molecular weight is 144 g/mol. The molecule has 0 radical (unpaired) electrons. The fraction of sp³-hybridized carbons (Fsp3) is 0.833. The van der Waals surface area contributed by atoms with E-state index in [0.717, 1.165) is 0 Å². The lowest BCUT2D eigenvalue weighted by Gasteiger charge is -2.14. The summed E-state index contributed by atoms with van der Waals surface area (Å²) in [5.41, 5.74) is 5.45. The van der Waals surface area contributed by atoms with E-state index in [1.807, 2.05) is 0 Å². The van der Waals surface area contributed by atoms with E-state index in [0.29, 0.717) is 6.54 Å². The molecule has 0 aromatic rings. The Morgan fingerprint density at radius 2 is 2.50 bits per heavy atom. The van der Waals surface area contributed by atoms with Crippen LogP contribution < -0.4 is 11.1 Å². The van der Waals surface area contributed by atoms with Gasteiger partial charge in [-0.2, -0.15) is 0 Å². The van der Waals surface area contributed by atoms with E-state index in [-0.39, 0.29) is 11.8 Å². The highest BCUT2D eigenvalue weighted by atomic mass is 16.3. The first-order valence-electron chi connectivity index (χ1n) is 3.34. The Labute approximate surface area is 59.4 Å². The highest BCUT2D eigenvalue weighted by molar-refractivity contribution is 5.84. The van der Waals surface area contributed by atoms with Crippen molar-refractivity contribution in [1.29, 1.82) is 0 Å². The molecule has 10 heavy (non-hydrogen) atoms. The van der Waals surface area contributed by atoms with Crippen LogP contribution in [0.5, 0.6) is 0 Å². The molecule has 0 spiro atoms. The molecule has 1 saturated heterocycles. The second-order valence-corrected chi connectivity index (χ2v) is 2.68. The zero-order chi connectivity index (χ0) is 7.72. The van der Waals surface area contributed by atoms with Gasteiger partial charge >= 0.3 is 0 Å². The molecule has 0 aliphatic carbocycles. The molecule has 0 bridgehead atoms. The summed E-state index contributed by atoms with van der Waals surface area (Å²) < 4.78 is 0. The Bertz CT molecular complexity index is 147. The van der Waals surface area contributed by atoms with Gasteiger partial charge < -0.3 is 16.2 Å². The van der Waals surface area contributed by atoms with Gasteiger partial charge in [0.2, 0.25) is 5.91 Å². The molecule has 1 aliphatic heterocycles. The fourth-order valence-electron chi connectivity index (χ4n) is 1.13. The van der Waals surface area contributed by atoms with E-state index in [9.17, 15) is 4.79 Å². The van der Waals surface area contributed by atoms with Crippen LogP contribution in [0.3, 0.4) is 0 Å². The second-order valence-electron chi connectivity index (χ2n) is 2.68. The number of aliphatic hydroxyl groups is 1. The third-order valence-electron chi connectivity index (χ3n) is 1.90. The van der Waals surface area contributed by atoms with Crippen molar-refractivity contribution < 1.29 is 9.90 Å². The number of aliphatic hydroxyl groups excluding tert-OH is 1. The topological polar surface area (TPSA) is 75.3 Å². The zero-order valence-electron chi connectivity index (χ0n) is 5.87. The maximum absolute atomic E-state index is 10.7. The lowest BCUT2D eigenvalue weighted by Crippen LogP contribution is -2.38. The van der Waals surface area contributed by atoms with E-state index in [4.69, 9.17) is 10.8 Å². The number of hydrogen-bond acceptors (Lipinski definition) is 3. The lowest BCUT2D eigenvalue weighted by molar-refractivity contribution is -0.120. The van der Waals surface area contributed by atoms with Gasteiger partial charge in [0.05, 0.1) is 12.1 Å². The Morgan fingerprint density at radius 1 is 1.90 bits per heavy atom. The van der Waals surface area contributed by atoms with Crippen molar-refractivity contribution in [3.05, 3.63) is 0 Å². The maximum Gasteiger partial charge on any atom is 0.237 e. The van der Waals surface area contributed by atoms with Gasteiger partial charge in [-0.3, -0.25) is 4.79 Å². The van der Waals surface area contributed by atoms with Crippen LogP contribution in [0.2, 0.25) is 0 Å². The van der Waals surface area contributed by atoms with Gasteiger partial charge in [-0.05, 0) is 6.92 Å². The van der Waals surface area contributed by atoms with E-state index in [1.165, 1.54) is 0 Å². The van der Waals surface area contributed by atoms with Gasteiger partial charge in [-0.25, -0.2) is 0 Å². The number of carbonyl (C=O) groups is 1. The first-order valence-corrected chi connectivity index (χ1v) is 3.34. The normalized spacial score (nSPS) is 35.7. The summed E-state index contributed by atoms with van der Waals surface area (Å²) >= 11 is 0. The minimum atomic E-state index is -0.528. The molecule has 0 aromatic carbocycles. The SMILES string of the molecule is C[C@@H](O)[C@H]1CNC(=O)[C@@H]1N. The predicted molar refractivity (Wildman–Crippen MR) is 36.2 cm³/mol. The van der Waals surface area contributed by atoms with Crippen molar-refractivity contribution in [2.45, 2.75) is 19.1 Å². The third kappa shape index (κ3) is 1.12. The van der Waals surface area contributed by atoms with Crippen molar-refractivity contribution in [2.24, 2.45) is 11.7 Å². The number of amides is 1. The number of rotatable bonds is 1. The molecule has 4 heteroatoms. The molecular formula is C6H12N2O2. The number of nitrogens with two attached hydrogens (primary N) is 1. The van der Waals surface area contributed by atoms with E-state index < -0.39 is 12.1 Å². The van der Waals surface area contributed by atoms with Crippen LogP contribution >= 0.6 is 0 Å². The molecule has 1 rings (SSSR count). The minimum Gasteiger partial charge on any atom is -0.393 e. The summed E-state index contributed by atoms with van der Waals surface area (Å²) in [6.45, 7) is 2.14. The molecule has 1 heterocycles. The second kappa shape index (κ2) is 2.56. The third-order valence-corrected chi connectivity index (χ3v) is 1.90. The van der Waals surface area contributed by atoms with Gasteiger partial charge in [-0.15, -0.1) is 0 Å². The Balaban J connectivity index is 2.57. The molecule has 0 unspecified atom stereocenters. The highest BCUT2D eigenvalue weighted by Crippen LogP contribution is 2.11. The van der Waals surface area contributed by atoms with Gasteiger partial charge in [0.15, 0.2) is 0 Å². The Hall–Kier alpha value is -0.610. The first kappa shape index (κ1) is 7.50. The summed E-state index contributed by atoms with van der Waals surface area (Å²) in [5.74, 6) is -0.279. The fourth-order valence-corrected chi connectivity index (χ4v) is 1.13. The van der Waals surface area contributed by atoms with Crippen LogP contribution in [0.15, 0.2) is 0 Å². The van der Waals surface area contributed by atoms with E-state index >= 15 is 0 Å². The Kier molecular flexibility index (Phi) is 1.92. The van der Waals surface area contributed by atoms with Gasteiger partial charge in [0, 0.05) is 12.5 Å². The van der Waals surface area contributed by atoms with Crippen molar-refractivity contribution >= 4 is 5.91 Å². The zero-order valence-corrected chi connectivity index (χ0v) is 5.87. The number of nitrogens with one attached hydrogen (secondary N) is 1. The minimum absolute atomic E-state index is 0.118. The first-order chi connectivity index (χ1) is 4.63. The van der Waals surface area contributed by atoms with Crippen LogP contribution in [-0.4, -0.2) is 29.7 Å². The van der Waals surface area contributed by atoms with Crippen molar-refractivity contribution in [3.8, 4) is 0 Å². The molecular weight excluding hydrogens is 132 g/mol. The Morgan fingerprint density at radius 3 is 2.70 bits per heavy atom. The van der Waals surface area contributed by atoms with Crippen LogP contribution in [-0.2, 0) is 4.79 Å².